The molecule has 0 aliphatic rings. The molecule has 1 atom stereocenters. The second kappa shape index (κ2) is 6.90. The molecule has 0 spiro atoms. The minimum Gasteiger partial charge on any atom is -0.323 e. The second-order valence-electron chi connectivity index (χ2n) is 6.06. The molecule has 1 aromatic rings. The average molecular weight is 252 g/mol. The predicted octanol–water partition coefficient (Wildman–Crippen LogP) is 2.03. The van der Waals surface area contributed by atoms with Crippen molar-refractivity contribution in [1.82, 2.24) is 14.7 Å². The molecule has 0 amide bonds. The maximum absolute atomic E-state index is 6.27. The SMILES string of the molecule is CC(C)CN(CC(C)C)CC(N)c1cnn(C)c1. The second-order valence-corrected chi connectivity index (χ2v) is 6.06. The Kier molecular flexibility index (Phi) is 5.82. The van der Waals surface area contributed by atoms with Crippen LogP contribution in [0.25, 0.3) is 0 Å². The predicted molar refractivity (Wildman–Crippen MR) is 76.3 cm³/mol. The molecule has 1 aromatic heterocycles. The van der Waals surface area contributed by atoms with E-state index in [-0.39, 0.29) is 6.04 Å². The number of hydrogen-bond acceptors (Lipinski definition) is 3. The van der Waals surface area contributed by atoms with Crippen LogP contribution >= 0.6 is 0 Å². The largest absolute Gasteiger partial charge is 0.323 e. The molecule has 4 nitrogen and oxygen atoms in total. The fraction of sp³-hybridized carbons (Fsp3) is 0.786. The highest BCUT2D eigenvalue weighted by Gasteiger charge is 2.15. The first-order valence-corrected chi connectivity index (χ1v) is 6.85. The summed E-state index contributed by atoms with van der Waals surface area (Å²) in [5, 5.41) is 4.19. The molecule has 4 heteroatoms. The first kappa shape index (κ1) is 15.2. The van der Waals surface area contributed by atoms with Crippen LogP contribution in [0.5, 0.6) is 0 Å². The van der Waals surface area contributed by atoms with E-state index >= 15 is 0 Å². The number of hydrogen-bond donors (Lipinski definition) is 1. The molecule has 104 valence electrons. The lowest BCUT2D eigenvalue weighted by atomic mass is 10.1. The summed E-state index contributed by atoms with van der Waals surface area (Å²) in [7, 11) is 1.93. The number of nitrogens with zero attached hydrogens (tertiary/aromatic N) is 3. The molecule has 0 saturated heterocycles. The van der Waals surface area contributed by atoms with Gasteiger partial charge < -0.3 is 10.6 Å². The first-order chi connectivity index (χ1) is 8.38. The van der Waals surface area contributed by atoms with Crippen molar-refractivity contribution in [1.29, 1.82) is 0 Å². The summed E-state index contributed by atoms with van der Waals surface area (Å²) in [6, 6.07) is 0.0520. The molecule has 0 bridgehead atoms. The zero-order valence-corrected chi connectivity index (χ0v) is 12.4. The first-order valence-electron chi connectivity index (χ1n) is 6.85. The Bertz CT molecular complexity index is 333. The summed E-state index contributed by atoms with van der Waals surface area (Å²) in [5.74, 6) is 1.34. The highest BCUT2D eigenvalue weighted by atomic mass is 15.2. The molecule has 18 heavy (non-hydrogen) atoms. The lowest BCUT2D eigenvalue weighted by Crippen LogP contribution is -2.37. The van der Waals surface area contributed by atoms with Gasteiger partial charge in [0.25, 0.3) is 0 Å². The van der Waals surface area contributed by atoms with Gasteiger partial charge in [0.15, 0.2) is 0 Å². The highest BCUT2D eigenvalue weighted by Crippen LogP contribution is 2.13. The van der Waals surface area contributed by atoms with E-state index in [0.717, 1.165) is 25.2 Å². The Morgan fingerprint density at radius 3 is 2.11 bits per heavy atom. The van der Waals surface area contributed by atoms with Crippen molar-refractivity contribution in [3.8, 4) is 0 Å². The van der Waals surface area contributed by atoms with Gasteiger partial charge in [-0.05, 0) is 11.8 Å². The monoisotopic (exact) mass is 252 g/mol. The minimum atomic E-state index is 0.0520. The van der Waals surface area contributed by atoms with Gasteiger partial charge in [0.2, 0.25) is 0 Å². The van der Waals surface area contributed by atoms with Crippen molar-refractivity contribution in [3.63, 3.8) is 0 Å². The van der Waals surface area contributed by atoms with E-state index in [4.69, 9.17) is 5.73 Å². The highest BCUT2D eigenvalue weighted by molar-refractivity contribution is 5.09. The molecule has 0 radical (unpaired) electrons. The van der Waals surface area contributed by atoms with Crippen molar-refractivity contribution in [2.75, 3.05) is 19.6 Å². The molecule has 0 aromatic carbocycles. The zero-order valence-electron chi connectivity index (χ0n) is 12.4. The van der Waals surface area contributed by atoms with Crippen LogP contribution in [-0.2, 0) is 7.05 Å². The van der Waals surface area contributed by atoms with Crippen LogP contribution in [0.2, 0.25) is 0 Å². The van der Waals surface area contributed by atoms with Crippen LogP contribution in [0.4, 0.5) is 0 Å². The van der Waals surface area contributed by atoms with E-state index in [1.165, 1.54) is 0 Å². The normalized spacial score (nSPS) is 13.8. The van der Waals surface area contributed by atoms with Gasteiger partial charge in [-0.25, -0.2) is 0 Å². The van der Waals surface area contributed by atoms with Crippen molar-refractivity contribution in [2.45, 2.75) is 33.7 Å². The summed E-state index contributed by atoms with van der Waals surface area (Å²) >= 11 is 0. The summed E-state index contributed by atoms with van der Waals surface area (Å²) in [4.78, 5) is 2.47. The molecule has 0 aliphatic carbocycles. The molecular formula is C14H28N4. The van der Waals surface area contributed by atoms with Crippen LogP contribution in [0.3, 0.4) is 0 Å². The average Bonchev–Trinajstić information content (AvgIpc) is 2.62. The fourth-order valence-corrected chi connectivity index (χ4v) is 2.27. The van der Waals surface area contributed by atoms with Gasteiger partial charge in [-0.3, -0.25) is 4.68 Å². The Morgan fingerprint density at radius 1 is 1.17 bits per heavy atom. The van der Waals surface area contributed by atoms with Gasteiger partial charge in [0.1, 0.15) is 0 Å². The molecule has 0 aliphatic heterocycles. The summed E-state index contributed by atoms with van der Waals surface area (Å²) in [5.41, 5.74) is 7.39. The van der Waals surface area contributed by atoms with Crippen molar-refractivity contribution in [3.05, 3.63) is 18.0 Å². The lowest BCUT2D eigenvalue weighted by molar-refractivity contribution is 0.207. The molecular weight excluding hydrogens is 224 g/mol. The number of nitrogens with two attached hydrogens (primary N) is 1. The molecule has 1 rings (SSSR count). The van der Waals surface area contributed by atoms with Crippen LogP contribution in [0.1, 0.15) is 39.3 Å². The smallest absolute Gasteiger partial charge is 0.0537 e. The van der Waals surface area contributed by atoms with E-state index in [0.29, 0.717) is 11.8 Å². The zero-order chi connectivity index (χ0) is 13.7. The maximum Gasteiger partial charge on any atom is 0.0537 e. The van der Waals surface area contributed by atoms with Gasteiger partial charge in [0.05, 0.1) is 6.20 Å². The van der Waals surface area contributed by atoms with E-state index in [1.807, 2.05) is 24.1 Å². The number of aryl methyl sites for hydroxylation is 1. The third kappa shape index (κ3) is 5.19. The summed E-state index contributed by atoms with van der Waals surface area (Å²) in [6.07, 6.45) is 3.88. The fourth-order valence-electron chi connectivity index (χ4n) is 2.27. The molecule has 1 unspecified atom stereocenters. The Labute approximate surface area is 111 Å². The van der Waals surface area contributed by atoms with Crippen LogP contribution in [0, 0.1) is 11.8 Å². The standard InChI is InChI=1S/C14H28N4/c1-11(2)7-18(8-12(3)4)10-14(15)13-6-16-17(5)9-13/h6,9,11-12,14H,7-8,10,15H2,1-5H3. The van der Waals surface area contributed by atoms with E-state index in [2.05, 4.69) is 37.7 Å². The minimum absolute atomic E-state index is 0.0520. The molecule has 1 heterocycles. The Hall–Kier alpha value is -0.870. The van der Waals surface area contributed by atoms with Gasteiger partial charge in [-0.15, -0.1) is 0 Å². The van der Waals surface area contributed by atoms with E-state index in [9.17, 15) is 0 Å². The van der Waals surface area contributed by atoms with Crippen LogP contribution in [0.15, 0.2) is 12.4 Å². The van der Waals surface area contributed by atoms with Crippen LogP contribution < -0.4 is 5.73 Å². The molecule has 2 N–H and O–H groups in total. The van der Waals surface area contributed by atoms with E-state index in [1.54, 1.807) is 0 Å². The lowest BCUT2D eigenvalue weighted by Gasteiger charge is -2.28. The van der Waals surface area contributed by atoms with Crippen molar-refractivity contribution < 1.29 is 0 Å². The van der Waals surface area contributed by atoms with Gasteiger partial charge in [0, 0.05) is 44.5 Å². The summed E-state index contributed by atoms with van der Waals surface area (Å²) in [6.45, 7) is 12.1. The quantitative estimate of drug-likeness (QED) is 0.808. The Balaban J connectivity index is 2.58. The molecule has 0 saturated carbocycles. The van der Waals surface area contributed by atoms with Crippen LogP contribution in [-0.4, -0.2) is 34.3 Å². The van der Waals surface area contributed by atoms with Crippen molar-refractivity contribution >= 4 is 0 Å². The van der Waals surface area contributed by atoms with Gasteiger partial charge >= 0.3 is 0 Å². The molecule has 0 fully saturated rings. The topological polar surface area (TPSA) is 47.1 Å². The van der Waals surface area contributed by atoms with Gasteiger partial charge in [-0.2, -0.15) is 5.10 Å². The maximum atomic E-state index is 6.27. The van der Waals surface area contributed by atoms with Gasteiger partial charge in [-0.1, -0.05) is 27.7 Å². The number of aromatic nitrogens is 2. The summed E-state index contributed by atoms with van der Waals surface area (Å²) < 4.78 is 1.81. The Morgan fingerprint density at radius 2 is 1.72 bits per heavy atom. The van der Waals surface area contributed by atoms with E-state index < -0.39 is 0 Å². The van der Waals surface area contributed by atoms with Crippen molar-refractivity contribution in [2.24, 2.45) is 24.6 Å². The third-order valence-corrected chi connectivity index (χ3v) is 2.85. The third-order valence-electron chi connectivity index (χ3n) is 2.85. The number of rotatable bonds is 7.